The number of thiazole rings is 1. The Morgan fingerprint density at radius 1 is 1.25 bits per heavy atom. The van der Waals surface area contributed by atoms with Crippen molar-refractivity contribution in [3.05, 3.63) is 50.8 Å². The van der Waals surface area contributed by atoms with Crippen molar-refractivity contribution in [2.45, 2.75) is 17.8 Å². The van der Waals surface area contributed by atoms with E-state index in [4.69, 9.17) is 4.42 Å². The number of nitrogens with zero attached hydrogens (tertiary/aromatic N) is 3. The molecule has 0 aliphatic carbocycles. The van der Waals surface area contributed by atoms with Crippen molar-refractivity contribution in [1.82, 2.24) is 14.5 Å². The van der Waals surface area contributed by atoms with Gasteiger partial charge in [0.05, 0.1) is 11.1 Å². The minimum Gasteiger partial charge on any atom is -0.459 e. The summed E-state index contributed by atoms with van der Waals surface area (Å²) in [6.45, 7) is 1.92. The molecule has 0 aromatic carbocycles. The van der Waals surface area contributed by atoms with Crippen LogP contribution in [0.3, 0.4) is 0 Å². The van der Waals surface area contributed by atoms with Gasteiger partial charge in [-0.05, 0) is 30.5 Å². The normalized spacial score (nSPS) is 11.4. The summed E-state index contributed by atoms with van der Waals surface area (Å²) in [5, 5.41) is 6.16. The molecular weight excluding hydrogens is 362 g/mol. The molecule has 0 aliphatic heterocycles. The highest BCUT2D eigenvalue weighted by Crippen LogP contribution is 2.29. The number of furan rings is 1. The fourth-order valence-corrected chi connectivity index (χ4v) is 4.84. The lowest BCUT2D eigenvalue weighted by Gasteiger charge is -2.05. The second-order valence-electron chi connectivity index (χ2n) is 5.24. The van der Waals surface area contributed by atoms with Crippen LogP contribution in [0.5, 0.6) is 0 Å². The maximum Gasteiger partial charge on any atom is 0.262 e. The Hall–Kier alpha value is -1.90. The lowest BCUT2D eigenvalue weighted by atomic mass is 10.4. The third-order valence-corrected chi connectivity index (χ3v) is 6.29. The Bertz CT molecular complexity index is 1070. The highest BCUT2D eigenvalue weighted by molar-refractivity contribution is 7.98. The van der Waals surface area contributed by atoms with Crippen LogP contribution in [0.15, 0.2) is 43.3 Å². The second kappa shape index (κ2) is 6.19. The Balaban J connectivity index is 1.56. The fourth-order valence-electron chi connectivity index (χ4n) is 2.28. The molecule has 0 saturated heterocycles. The predicted molar refractivity (Wildman–Crippen MR) is 99.0 cm³/mol. The SMILES string of the molecule is Cc1ccc(-c2nc(CSc3nc4sccc4c(=O)n3C)cs2)o1. The van der Waals surface area contributed by atoms with E-state index in [1.165, 1.54) is 23.1 Å². The molecule has 4 aromatic rings. The Morgan fingerprint density at radius 3 is 2.92 bits per heavy atom. The summed E-state index contributed by atoms with van der Waals surface area (Å²) >= 11 is 4.56. The Labute approximate surface area is 150 Å². The quantitative estimate of drug-likeness (QED) is 0.393. The molecule has 5 nitrogen and oxygen atoms in total. The number of fused-ring (bicyclic) bond motifs is 1. The molecule has 0 saturated carbocycles. The molecule has 0 atom stereocenters. The third kappa shape index (κ3) is 2.81. The van der Waals surface area contributed by atoms with Crippen molar-refractivity contribution >= 4 is 44.7 Å². The molecule has 122 valence electrons. The third-order valence-electron chi connectivity index (χ3n) is 3.52. The Morgan fingerprint density at radius 2 is 2.12 bits per heavy atom. The zero-order valence-electron chi connectivity index (χ0n) is 13.0. The van der Waals surface area contributed by atoms with Gasteiger partial charge in [0.1, 0.15) is 10.6 Å². The summed E-state index contributed by atoms with van der Waals surface area (Å²) < 4.78 is 7.20. The molecule has 0 amide bonds. The maximum atomic E-state index is 12.3. The minimum atomic E-state index is -0.00576. The predicted octanol–water partition coefficient (Wildman–Crippen LogP) is 4.31. The van der Waals surface area contributed by atoms with Gasteiger partial charge in [0.2, 0.25) is 0 Å². The van der Waals surface area contributed by atoms with E-state index >= 15 is 0 Å². The van der Waals surface area contributed by atoms with E-state index < -0.39 is 0 Å². The van der Waals surface area contributed by atoms with Crippen LogP contribution in [-0.4, -0.2) is 14.5 Å². The zero-order valence-corrected chi connectivity index (χ0v) is 15.4. The first-order valence-corrected chi connectivity index (χ1v) is 9.94. The second-order valence-corrected chi connectivity index (χ2v) is 7.94. The van der Waals surface area contributed by atoms with Gasteiger partial charge >= 0.3 is 0 Å². The molecule has 0 spiro atoms. The van der Waals surface area contributed by atoms with Crippen LogP contribution < -0.4 is 5.56 Å². The molecular formula is C16H13N3O2S3. The molecule has 0 radical (unpaired) electrons. The first-order valence-electron chi connectivity index (χ1n) is 7.20. The first-order chi connectivity index (χ1) is 11.6. The summed E-state index contributed by atoms with van der Waals surface area (Å²) in [5.41, 5.74) is 0.948. The number of aromatic nitrogens is 3. The van der Waals surface area contributed by atoms with Gasteiger partial charge in [0, 0.05) is 18.2 Å². The van der Waals surface area contributed by atoms with Gasteiger partial charge in [-0.25, -0.2) is 9.97 Å². The summed E-state index contributed by atoms with van der Waals surface area (Å²) in [7, 11) is 1.76. The van der Waals surface area contributed by atoms with E-state index in [0.29, 0.717) is 16.3 Å². The van der Waals surface area contributed by atoms with Crippen molar-refractivity contribution < 1.29 is 4.42 Å². The smallest absolute Gasteiger partial charge is 0.262 e. The largest absolute Gasteiger partial charge is 0.459 e. The van der Waals surface area contributed by atoms with Crippen molar-refractivity contribution in [1.29, 1.82) is 0 Å². The van der Waals surface area contributed by atoms with Crippen molar-refractivity contribution in [2.75, 3.05) is 0 Å². The maximum absolute atomic E-state index is 12.3. The molecule has 24 heavy (non-hydrogen) atoms. The van der Waals surface area contributed by atoms with Crippen LogP contribution >= 0.6 is 34.4 Å². The topological polar surface area (TPSA) is 60.9 Å². The van der Waals surface area contributed by atoms with Crippen LogP contribution in [-0.2, 0) is 12.8 Å². The molecule has 4 heterocycles. The van der Waals surface area contributed by atoms with Crippen molar-refractivity contribution in [3.63, 3.8) is 0 Å². The fraction of sp³-hybridized carbons (Fsp3) is 0.188. The number of aryl methyl sites for hydroxylation is 1. The number of hydrogen-bond acceptors (Lipinski definition) is 7. The number of thioether (sulfide) groups is 1. The van der Waals surface area contributed by atoms with Gasteiger partial charge in [-0.3, -0.25) is 9.36 Å². The molecule has 4 aromatic heterocycles. The monoisotopic (exact) mass is 375 g/mol. The number of thiophene rings is 1. The lowest BCUT2D eigenvalue weighted by molar-refractivity contribution is 0.548. The van der Waals surface area contributed by atoms with Gasteiger partial charge in [-0.15, -0.1) is 22.7 Å². The average molecular weight is 376 g/mol. The molecule has 0 N–H and O–H groups in total. The van der Waals surface area contributed by atoms with Gasteiger partial charge in [0.25, 0.3) is 5.56 Å². The van der Waals surface area contributed by atoms with E-state index in [9.17, 15) is 4.79 Å². The summed E-state index contributed by atoms with van der Waals surface area (Å²) in [6, 6.07) is 5.68. The molecule has 0 fully saturated rings. The zero-order chi connectivity index (χ0) is 16.7. The van der Waals surface area contributed by atoms with Gasteiger partial charge in [0.15, 0.2) is 15.9 Å². The number of hydrogen-bond donors (Lipinski definition) is 0. The van der Waals surface area contributed by atoms with Crippen LogP contribution in [0.4, 0.5) is 0 Å². The molecule has 8 heteroatoms. The summed E-state index contributed by atoms with van der Waals surface area (Å²) in [6.07, 6.45) is 0. The molecule has 0 aliphatic rings. The summed E-state index contributed by atoms with van der Waals surface area (Å²) in [5.74, 6) is 2.33. The van der Waals surface area contributed by atoms with Crippen LogP contribution in [0.25, 0.3) is 21.0 Å². The molecule has 4 rings (SSSR count). The Kier molecular flexibility index (Phi) is 4.03. The van der Waals surface area contributed by atoms with Crippen LogP contribution in [0.1, 0.15) is 11.5 Å². The van der Waals surface area contributed by atoms with Crippen molar-refractivity contribution in [3.8, 4) is 10.8 Å². The van der Waals surface area contributed by atoms with Crippen LogP contribution in [0, 0.1) is 6.92 Å². The van der Waals surface area contributed by atoms with Crippen LogP contribution in [0.2, 0.25) is 0 Å². The van der Waals surface area contributed by atoms with E-state index in [2.05, 4.69) is 9.97 Å². The summed E-state index contributed by atoms with van der Waals surface area (Å²) in [4.78, 5) is 22.3. The van der Waals surface area contributed by atoms with Gasteiger partial charge in [-0.2, -0.15) is 0 Å². The highest BCUT2D eigenvalue weighted by atomic mass is 32.2. The molecule has 0 bridgehead atoms. The van der Waals surface area contributed by atoms with Crippen molar-refractivity contribution in [2.24, 2.45) is 7.05 Å². The lowest BCUT2D eigenvalue weighted by Crippen LogP contribution is -2.19. The van der Waals surface area contributed by atoms with E-state index in [-0.39, 0.29) is 5.56 Å². The first kappa shape index (κ1) is 15.6. The van der Waals surface area contributed by atoms with E-state index in [1.54, 1.807) is 23.0 Å². The minimum absolute atomic E-state index is 0.00576. The van der Waals surface area contributed by atoms with Gasteiger partial charge in [-0.1, -0.05) is 11.8 Å². The average Bonchev–Trinajstić information content (AvgIpc) is 3.29. The van der Waals surface area contributed by atoms with Gasteiger partial charge < -0.3 is 4.42 Å². The highest BCUT2D eigenvalue weighted by Gasteiger charge is 2.12. The van der Waals surface area contributed by atoms with E-state index in [0.717, 1.165) is 27.1 Å². The molecule has 0 unspecified atom stereocenters. The standard InChI is InChI=1S/C16H13N3O2S3/c1-9-3-4-12(21-9)14-17-10(7-23-14)8-24-16-18-13-11(5-6-22-13)15(20)19(16)2/h3-7H,8H2,1-2H3. The van der Waals surface area contributed by atoms with E-state index in [1.807, 2.05) is 35.9 Å². The number of rotatable bonds is 4.